The van der Waals surface area contributed by atoms with E-state index in [1.165, 1.54) is 19.2 Å². The van der Waals surface area contributed by atoms with Crippen LogP contribution in [0.25, 0.3) is 0 Å². The second kappa shape index (κ2) is 6.51. The fourth-order valence-electron chi connectivity index (χ4n) is 1.55. The number of benzene rings is 1. The number of aryl methyl sites for hydroxylation is 1. The van der Waals surface area contributed by atoms with Crippen molar-refractivity contribution in [2.75, 3.05) is 19.9 Å². The molecule has 20 heavy (non-hydrogen) atoms. The van der Waals surface area contributed by atoms with Gasteiger partial charge in [-0.2, -0.15) is 0 Å². The lowest BCUT2D eigenvalue weighted by atomic mass is 10.1. The molecule has 0 aromatic heterocycles. The molecular weight excluding hydrogens is 282 g/mol. The molecule has 0 atom stereocenters. The summed E-state index contributed by atoms with van der Waals surface area (Å²) in [5.41, 5.74) is 0.936. The zero-order chi connectivity index (χ0) is 15.3. The lowest BCUT2D eigenvalue weighted by Crippen LogP contribution is -2.27. The van der Waals surface area contributed by atoms with Crippen LogP contribution in [-0.2, 0) is 19.4 Å². The summed E-state index contributed by atoms with van der Waals surface area (Å²) >= 11 is 0. The molecule has 1 rings (SSSR count). The number of nitrogens with one attached hydrogen (secondary N) is 1. The first-order valence-electron chi connectivity index (χ1n) is 5.91. The van der Waals surface area contributed by atoms with Gasteiger partial charge in [0.25, 0.3) is 5.91 Å². The average molecular weight is 299 g/mol. The number of amides is 1. The Balaban J connectivity index is 2.85. The Morgan fingerprint density at radius 2 is 1.95 bits per heavy atom. The van der Waals surface area contributed by atoms with Crippen LogP contribution in [0.5, 0.6) is 0 Å². The zero-order valence-corrected chi connectivity index (χ0v) is 12.4. The van der Waals surface area contributed by atoms with Gasteiger partial charge in [-0.1, -0.05) is 6.07 Å². The van der Waals surface area contributed by atoms with Crippen molar-refractivity contribution in [2.45, 2.75) is 18.2 Å². The Kier molecular flexibility index (Phi) is 5.26. The predicted octanol–water partition coefficient (Wildman–Crippen LogP) is 0.691. The van der Waals surface area contributed by atoms with Crippen LogP contribution in [0.4, 0.5) is 0 Å². The van der Waals surface area contributed by atoms with Gasteiger partial charge in [0.1, 0.15) is 0 Å². The number of rotatable bonds is 5. The third kappa shape index (κ3) is 4.34. The first-order valence-corrected chi connectivity index (χ1v) is 7.80. The molecule has 110 valence electrons. The Bertz CT molecular complexity index is 622. The van der Waals surface area contributed by atoms with Crippen LogP contribution in [0.1, 0.15) is 22.3 Å². The first kappa shape index (κ1) is 16.2. The minimum Gasteiger partial charge on any atom is -0.469 e. The zero-order valence-electron chi connectivity index (χ0n) is 11.6. The van der Waals surface area contributed by atoms with E-state index < -0.39 is 21.7 Å². The van der Waals surface area contributed by atoms with Gasteiger partial charge < -0.3 is 10.1 Å². The summed E-state index contributed by atoms with van der Waals surface area (Å²) in [5.74, 6) is -0.844. The highest BCUT2D eigenvalue weighted by molar-refractivity contribution is 7.90. The summed E-state index contributed by atoms with van der Waals surface area (Å²) in [6.07, 6.45) is 1.14. The van der Waals surface area contributed by atoms with Gasteiger partial charge in [0.15, 0.2) is 9.84 Å². The van der Waals surface area contributed by atoms with Gasteiger partial charge in [-0.25, -0.2) is 8.42 Å². The highest BCUT2D eigenvalue weighted by Crippen LogP contribution is 2.15. The molecule has 6 nitrogen and oxygen atoms in total. The van der Waals surface area contributed by atoms with Gasteiger partial charge in [0.05, 0.1) is 18.4 Å². The number of carbonyl (C=O) groups is 2. The second-order valence-electron chi connectivity index (χ2n) is 4.33. The maximum absolute atomic E-state index is 12.0. The molecule has 1 aromatic carbocycles. The molecule has 0 unspecified atom stereocenters. The highest BCUT2D eigenvalue weighted by Gasteiger charge is 2.14. The van der Waals surface area contributed by atoms with Crippen molar-refractivity contribution in [3.63, 3.8) is 0 Å². The van der Waals surface area contributed by atoms with Gasteiger partial charge in [-0.05, 0) is 24.6 Å². The molecule has 0 saturated heterocycles. The summed E-state index contributed by atoms with van der Waals surface area (Å²) in [7, 11) is -2.10. The van der Waals surface area contributed by atoms with Crippen LogP contribution < -0.4 is 5.32 Å². The van der Waals surface area contributed by atoms with Gasteiger partial charge in [-0.3, -0.25) is 9.59 Å². The molecule has 1 amide bonds. The lowest BCUT2D eigenvalue weighted by molar-refractivity contribution is -0.140. The second-order valence-corrected chi connectivity index (χ2v) is 6.35. The normalized spacial score (nSPS) is 10.9. The summed E-state index contributed by atoms with van der Waals surface area (Å²) < 4.78 is 27.4. The third-order valence-electron chi connectivity index (χ3n) is 2.72. The Morgan fingerprint density at radius 3 is 2.50 bits per heavy atom. The number of esters is 1. The number of hydrogen-bond donors (Lipinski definition) is 1. The molecule has 7 heteroatoms. The van der Waals surface area contributed by atoms with E-state index in [9.17, 15) is 18.0 Å². The van der Waals surface area contributed by atoms with Crippen LogP contribution in [0, 0.1) is 6.92 Å². The molecule has 0 aliphatic carbocycles. The molecular formula is C13H17NO5S. The molecule has 1 aromatic rings. The molecule has 0 aliphatic heterocycles. The van der Waals surface area contributed by atoms with E-state index in [2.05, 4.69) is 10.1 Å². The van der Waals surface area contributed by atoms with Crippen molar-refractivity contribution in [3.8, 4) is 0 Å². The van der Waals surface area contributed by atoms with E-state index in [1.807, 2.05) is 0 Å². The van der Waals surface area contributed by atoms with Gasteiger partial charge in [0.2, 0.25) is 0 Å². The maximum atomic E-state index is 12.0. The first-order chi connectivity index (χ1) is 9.25. The largest absolute Gasteiger partial charge is 0.469 e. The van der Waals surface area contributed by atoms with Crippen LogP contribution in [0.2, 0.25) is 0 Å². The lowest BCUT2D eigenvalue weighted by Gasteiger charge is -2.09. The Morgan fingerprint density at radius 1 is 1.30 bits per heavy atom. The highest BCUT2D eigenvalue weighted by atomic mass is 32.2. The topological polar surface area (TPSA) is 89.5 Å². The van der Waals surface area contributed by atoms with Crippen molar-refractivity contribution in [3.05, 3.63) is 29.3 Å². The SMILES string of the molecule is COC(=O)CCNC(=O)c1cc(S(C)(=O)=O)ccc1C. The van der Waals surface area contributed by atoms with Crippen LogP contribution >= 0.6 is 0 Å². The minimum absolute atomic E-state index is 0.0626. The van der Waals surface area contributed by atoms with E-state index in [1.54, 1.807) is 13.0 Å². The molecule has 0 spiro atoms. The van der Waals surface area contributed by atoms with Crippen molar-refractivity contribution >= 4 is 21.7 Å². The number of hydrogen-bond acceptors (Lipinski definition) is 5. The average Bonchev–Trinajstić information content (AvgIpc) is 2.37. The van der Waals surface area contributed by atoms with Gasteiger partial charge in [0, 0.05) is 18.4 Å². The predicted molar refractivity (Wildman–Crippen MR) is 73.3 cm³/mol. The number of sulfone groups is 1. The minimum atomic E-state index is -3.37. The van der Waals surface area contributed by atoms with Crippen LogP contribution in [-0.4, -0.2) is 40.2 Å². The van der Waals surface area contributed by atoms with E-state index in [0.29, 0.717) is 5.56 Å². The van der Waals surface area contributed by atoms with E-state index in [0.717, 1.165) is 6.26 Å². The maximum Gasteiger partial charge on any atom is 0.307 e. The van der Waals surface area contributed by atoms with Crippen molar-refractivity contribution in [2.24, 2.45) is 0 Å². The van der Waals surface area contributed by atoms with Crippen LogP contribution in [0.3, 0.4) is 0 Å². The quantitative estimate of drug-likeness (QED) is 0.808. The molecule has 0 saturated carbocycles. The van der Waals surface area contributed by atoms with Crippen LogP contribution in [0.15, 0.2) is 23.1 Å². The molecule has 0 fully saturated rings. The molecule has 0 aliphatic rings. The third-order valence-corrected chi connectivity index (χ3v) is 3.83. The molecule has 0 bridgehead atoms. The number of ether oxygens (including phenoxy) is 1. The van der Waals surface area contributed by atoms with Crippen molar-refractivity contribution in [1.82, 2.24) is 5.32 Å². The van der Waals surface area contributed by atoms with E-state index >= 15 is 0 Å². The van der Waals surface area contributed by atoms with Gasteiger partial charge in [-0.15, -0.1) is 0 Å². The Hall–Kier alpha value is -1.89. The fourth-order valence-corrected chi connectivity index (χ4v) is 2.20. The Labute approximate surface area is 118 Å². The summed E-state index contributed by atoms with van der Waals surface area (Å²) in [5, 5.41) is 2.55. The summed E-state index contributed by atoms with van der Waals surface area (Å²) in [6.45, 7) is 1.84. The van der Waals surface area contributed by atoms with Gasteiger partial charge >= 0.3 is 5.97 Å². The van der Waals surface area contributed by atoms with Crippen molar-refractivity contribution < 1.29 is 22.7 Å². The van der Waals surface area contributed by atoms with Crippen molar-refractivity contribution in [1.29, 1.82) is 0 Å². The molecule has 0 radical (unpaired) electrons. The molecule has 0 heterocycles. The number of carbonyl (C=O) groups excluding carboxylic acids is 2. The smallest absolute Gasteiger partial charge is 0.307 e. The summed E-state index contributed by atoms with van der Waals surface area (Å²) in [6, 6.07) is 4.36. The number of methoxy groups -OCH3 is 1. The summed E-state index contributed by atoms with van der Waals surface area (Å²) in [4.78, 5) is 23.0. The fraction of sp³-hybridized carbons (Fsp3) is 0.385. The van der Waals surface area contributed by atoms with E-state index in [4.69, 9.17) is 0 Å². The van der Waals surface area contributed by atoms with E-state index in [-0.39, 0.29) is 23.4 Å². The molecule has 1 N–H and O–H groups in total. The standard InChI is InChI=1S/C13H17NO5S/c1-9-4-5-10(20(3,17)18)8-11(9)13(16)14-7-6-12(15)19-2/h4-5,8H,6-7H2,1-3H3,(H,14,16). The monoisotopic (exact) mass is 299 g/mol.